The molecule has 0 bridgehead atoms. The molecule has 0 unspecified atom stereocenters. The highest BCUT2D eigenvalue weighted by atomic mass is 35.5. The first kappa shape index (κ1) is 28.7. The molecule has 8 nitrogen and oxygen atoms in total. The Morgan fingerprint density at radius 1 is 0.974 bits per heavy atom. The van der Waals surface area contributed by atoms with E-state index in [1.165, 1.54) is 31.2 Å². The highest BCUT2D eigenvalue weighted by Gasteiger charge is 2.35. The number of anilines is 2. The summed E-state index contributed by atoms with van der Waals surface area (Å²) < 4.78 is 67.6. The number of hydrogen-bond donors (Lipinski definition) is 2. The highest BCUT2D eigenvalue weighted by Crippen LogP contribution is 2.38. The molecule has 3 rings (SSSR count). The van der Waals surface area contributed by atoms with Gasteiger partial charge in [0.15, 0.2) is 0 Å². The average Bonchev–Trinajstić information content (AvgIpc) is 2.86. The third-order valence-corrected chi connectivity index (χ3v) is 7.25. The molecule has 0 aromatic heterocycles. The summed E-state index contributed by atoms with van der Waals surface area (Å²) in [5.74, 6) is -1.14. The van der Waals surface area contributed by atoms with Crippen LogP contribution in [0.2, 0.25) is 5.02 Å². The van der Waals surface area contributed by atoms with Crippen molar-refractivity contribution in [3.05, 3.63) is 88.9 Å². The molecule has 3 aromatic rings. The number of benzene rings is 3. The van der Waals surface area contributed by atoms with Gasteiger partial charge in [-0.3, -0.25) is 13.9 Å². The first-order chi connectivity index (χ1) is 17.8. The molecule has 200 valence electrons. The monoisotopic (exact) mass is 566 g/mol. The number of amides is 2. The maximum Gasteiger partial charge on any atom is 0.417 e. The van der Waals surface area contributed by atoms with E-state index in [1.54, 1.807) is 37.3 Å². The molecule has 0 fully saturated rings. The average molecular weight is 567 g/mol. The third-order valence-electron chi connectivity index (χ3n) is 5.13. The van der Waals surface area contributed by atoms with Gasteiger partial charge >= 0.3 is 6.18 Å². The lowest BCUT2D eigenvalue weighted by Gasteiger charge is -2.25. The first-order valence-electron chi connectivity index (χ1n) is 10.9. The van der Waals surface area contributed by atoms with Crippen LogP contribution < -0.4 is 15.0 Å². The van der Waals surface area contributed by atoms with Crippen LogP contribution >= 0.6 is 11.6 Å². The zero-order chi connectivity index (χ0) is 28.1. The van der Waals surface area contributed by atoms with Gasteiger partial charge in [-0.05, 0) is 55.0 Å². The summed E-state index contributed by atoms with van der Waals surface area (Å²) in [6.07, 6.45) is -4.85. The molecule has 0 saturated heterocycles. The van der Waals surface area contributed by atoms with Crippen molar-refractivity contribution in [2.45, 2.75) is 24.9 Å². The van der Waals surface area contributed by atoms with Crippen LogP contribution in [-0.4, -0.2) is 32.5 Å². The largest absolute Gasteiger partial charge is 0.417 e. The van der Waals surface area contributed by atoms with Gasteiger partial charge in [0.1, 0.15) is 6.54 Å². The summed E-state index contributed by atoms with van der Waals surface area (Å²) in [7, 11) is -4.45. The van der Waals surface area contributed by atoms with Crippen LogP contribution in [0.3, 0.4) is 0 Å². The number of rotatable bonds is 8. The number of nitrogens with one attached hydrogen (secondary N) is 2. The topological polar surface area (TPSA) is 108 Å². The van der Waals surface area contributed by atoms with Gasteiger partial charge in [-0.1, -0.05) is 41.9 Å². The number of carbonyl (C=O) groups excluding carboxylic acids is 2. The number of nitrogens with zero attached hydrogens (tertiary/aromatic N) is 2. The Morgan fingerprint density at radius 3 is 2.18 bits per heavy atom. The molecule has 38 heavy (non-hydrogen) atoms. The maximum atomic E-state index is 13.5. The lowest BCUT2D eigenvalue weighted by Crippen LogP contribution is -2.40. The lowest BCUT2D eigenvalue weighted by molar-refractivity contribution is -0.137. The van der Waals surface area contributed by atoms with Crippen LogP contribution in [0.15, 0.2) is 82.8 Å². The van der Waals surface area contributed by atoms with E-state index in [1.807, 2.05) is 0 Å². The van der Waals surface area contributed by atoms with E-state index >= 15 is 0 Å². The van der Waals surface area contributed by atoms with Crippen LogP contribution in [-0.2, 0) is 25.8 Å². The molecule has 2 N–H and O–H groups in total. The van der Waals surface area contributed by atoms with Crippen molar-refractivity contribution in [2.24, 2.45) is 5.10 Å². The summed E-state index contributed by atoms with van der Waals surface area (Å²) in [5.41, 5.74) is 2.09. The van der Waals surface area contributed by atoms with Crippen LogP contribution in [0.4, 0.5) is 24.5 Å². The minimum atomic E-state index is -4.85. The predicted molar refractivity (Wildman–Crippen MR) is 139 cm³/mol. The van der Waals surface area contributed by atoms with Crippen LogP contribution in [0.1, 0.15) is 25.0 Å². The van der Waals surface area contributed by atoms with Gasteiger partial charge in [-0.15, -0.1) is 0 Å². The van der Waals surface area contributed by atoms with Crippen molar-refractivity contribution in [2.75, 3.05) is 16.2 Å². The van der Waals surface area contributed by atoms with Gasteiger partial charge in [0.2, 0.25) is 5.91 Å². The van der Waals surface area contributed by atoms with Gasteiger partial charge in [-0.25, -0.2) is 13.8 Å². The predicted octanol–water partition coefficient (Wildman–Crippen LogP) is 5.05. The molecule has 3 aromatic carbocycles. The Hall–Kier alpha value is -3.90. The van der Waals surface area contributed by atoms with Crippen LogP contribution in [0.25, 0.3) is 0 Å². The van der Waals surface area contributed by atoms with Gasteiger partial charge in [0, 0.05) is 12.6 Å². The number of sulfonamides is 1. The quantitative estimate of drug-likeness (QED) is 0.294. The van der Waals surface area contributed by atoms with Crippen LogP contribution in [0, 0.1) is 0 Å². The van der Waals surface area contributed by atoms with Crippen molar-refractivity contribution in [1.29, 1.82) is 0 Å². The lowest BCUT2D eigenvalue weighted by atomic mass is 10.1. The minimum Gasteiger partial charge on any atom is -0.326 e. The number of alkyl halides is 3. The normalized spacial score (nSPS) is 12.1. The van der Waals surface area contributed by atoms with Gasteiger partial charge < -0.3 is 5.32 Å². The molecular formula is C25H22ClF3N4O4S. The summed E-state index contributed by atoms with van der Waals surface area (Å²) >= 11 is 5.69. The highest BCUT2D eigenvalue weighted by molar-refractivity contribution is 7.92. The standard InChI is InChI=1S/C25H22ClF3N4O4S/c1-16(18-8-10-19(11-9-18)30-17(2)34)31-32-24(35)15-33(38(36,37)21-6-4-3-5-7-21)20-12-13-23(26)22(14-20)25(27,28)29/h3-14H,15H2,1-2H3,(H,30,34)(H,32,35)/b31-16-. The Morgan fingerprint density at radius 2 is 1.61 bits per heavy atom. The fraction of sp³-hybridized carbons (Fsp3) is 0.160. The molecule has 0 spiro atoms. The van der Waals surface area contributed by atoms with E-state index < -0.39 is 44.9 Å². The zero-order valence-electron chi connectivity index (χ0n) is 20.1. The molecule has 0 aliphatic rings. The van der Waals surface area contributed by atoms with Crippen molar-refractivity contribution in [3.8, 4) is 0 Å². The molecule has 0 saturated carbocycles. The van der Waals surface area contributed by atoms with Crippen molar-refractivity contribution < 1.29 is 31.2 Å². The Balaban J connectivity index is 1.90. The molecule has 0 atom stereocenters. The Bertz CT molecular complexity index is 1460. The number of halogens is 4. The molecule has 0 heterocycles. The molecule has 2 amide bonds. The van der Waals surface area contributed by atoms with Gasteiger partial charge in [0.25, 0.3) is 15.9 Å². The molecule has 0 radical (unpaired) electrons. The van der Waals surface area contributed by atoms with E-state index in [9.17, 15) is 31.2 Å². The smallest absolute Gasteiger partial charge is 0.326 e. The second kappa shape index (κ2) is 11.7. The Kier molecular flexibility index (Phi) is 8.79. The second-order valence-electron chi connectivity index (χ2n) is 7.98. The molecule has 0 aliphatic heterocycles. The summed E-state index contributed by atoms with van der Waals surface area (Å²) in [4.78, 5) is 23.7. The SMILES string of the molecule is CC(=O)Nc1ccc(/C(C)=N\NC(=O)CN(c2ccc(Cl)c(C(F)(F)F)c2)S(=O)(=O)c2ccccc2)cc1. The second-order valence-corrected chi connectivity index (χ2v) is 10.2. The van der Waals surface area contributed by atoms with Crippen molar-refractivity contribution in [3.63, 3.8) is 0 Å². The first-order valence-corrected chi connectivity index (χ1v) is 12.8. The molecular weight excluding hydrogens is 545 g/mol. The maximum absolute atomic E-state index is 13.5. The Labute approximate surface area is 222 Å². The van der Waals surface area contributed by atoms with Crippen molar-refractivity contribution in [1.82, 2.24) is 5.43 Å². The molecule has 0 aliphatic carbocycles. The molecule has 13 heteroatoms. The zero-order valence-corrected chi connectivity index (χ0v) is 21.7. The van der Waals surface area contributed by atoms with E-state index in [0.29, 0.717) is 27.3 Å². The van der Waals surface area contributed by atoms with Crippen molar-refractivity contribution >= 4 is 50.5 Å². The fourth-order valence-corrected chi connectivity index (χ4v) is 4.95. The summed E-state index contributed by atoms with van der Waals surface area (Å²) in [6.45, 7) is 2.08. The van der Waals surface area contributed by atoms with E-state index in [2.05, 4.69) is 15.8 Å². The number of hydrazone groups is 1. The summed E-state index contributed by atoms with van der Waals surface area (Å²) in [6, 6.07) is 16.1. The fourth-order valence-electron chi connectivity index (χ4n) is 3.29. The van der Waals surface area contributed by atoms with E-state index in [-0.39, 0.29) is 10.8 Å². The van der Waals surface area contributed by atoms with Gasteiger partial charge in [0.05, 0.1) is 26.9 Å². The van der Waals surface area contributed by atoms with E-state index in [0.717, 1.165) is 12.1 Å². The number of hydrogen-bond acceptors (Lipinski definition) is 5. The third kappa shape index (κ3) is 7.11. The van der Waals surface area contributed by atoms with E-state index in [4.69, 9.17) is 11.6 Å². The van der Waals surface area contributed by atoms with Crippen LogP contribution in [0.5, 0.6) is 0 Å². The van der Waals surface area contributed by atoms with Gasteiger partial charge in [-0.2, -0.15) is 18.3 Å². The minimum absolute atomic E-state index is 0.227. The number of carbonyl (C=O) groups is 2. The summed E-state index contributed by atoms with van der Waals surface area (Å²) in [5, 5.41) is 5.96.